The molecular weight excluding hydrogens is 224 g/mol. The van der Waals surface area contributed by atoms with Crippen molar-refractivity contribution in [1.82, 2.24) is 0 Å². The van der Waals surface area contributed by atoms with Crippen LogP contribution in [0.3, 0.4) is 0 Å². The van der Waals surface area contributed by atoms with E-state index in [1.807, 2.05) is 64.1 Å². The van der Waals surface area contributed by atoms with Crippen LogP contribution in [0, 0.1) is 11.3 Å². The first-order valence-electron chi connectivity index (χ1n) is 6.54. The maximum absolute atomic E-state index is 8.55. The van der Waals surface area contributed by atoms with Crippen molar-refractivity contribution in [1.29, 1.82) is 5.26 Å². The molecule has 0 aliphatic rings. The van der Waals surface area contributed by atoms with E-state index in [4.69, 9.17) is 15.7 Å². The quantitative estimate of drug-likeness (QED) is 0.889. The largest absolute Gasteiger partial charge is 0.371 e. The van der Waals surface area contributed by atoms with Crippen molar-refractivity contribution in [2.75, 3.05) is 0 Å². The van der Waals surface area contributed by atoms with Gasteiger partial charge < -0.3 is 10.5 Å². The Bertz CT molecular complexity index is 306. The van der Waals surface area contributed by atoms with Crippen LogP contribution < -0.4 is 5.73 Å². The van der Waals surface area contributed by atoms with Crippen LogP contribution in [0.2, 0.25) is 0 Å². The SMILES string of the molecule is CC.CC.CC(OCc1ccccc1)C(N)C#N. The number of ether oxygens (including phenoxy) is 1. The molecule has 1 aromatic carbocycles. The molecule has 2 N–H and O–H groups in total. The van der Waals surface area contributed by atoms with Gasteiger partial charge in [0.05, 0.1) is 18.8 Å². The number of hydrogen-bond acceptors (Lipinski definition) is 3. The first kappa shape index (κ1) is 19.0. The molecule has 0 aliphatic heterocycles. The fourth-order valence-electron chi connectivity index (χ4n) is 1.01. The van der Waals surface area contributed by atoms with Crippen LogP contribution >= 0.6 is 0 Å². The van der Waals surface area contributed by atoms with E-state index in [0.717, 1.165) is 5.56 Å². The molecule has 0 saturated heterocycles. The minimum absolute atomic E-state index is 0.236. The maximum atomic E-state index is 8.55. The third kappa shape index (κ3) is 8.74. The van der Waals surface area contributed by atoms with Gasteiger partial charge in [-0.05, 0) is 12.5 Å². The zero-order chi connectivity index (χ0) is 14.4. The van der Waals surface area contributed by atoms with E-state index in [0.29, 0.717) is 6.61 Å². The summed E-state index contributed by atoms with van der Waals surface area (Å²) in [6, 6.07) is 11.2. The number of nitriles is 1. The van der Waals surface area contributed by atoms with Crippen LogP contribution in [-0.2, 0) is 11.3 Å². The van der Waals surface area contributed by atoms with Crippen LogP contribution in [-0.4, -0.2) is 12.1 Å². The Morgan fingerprint density at radius 3 is 2.11 bits per heavy atom. The molecule has 3 nitrogen and oxygen atoms in total. The van der Waals surface area contributed by atoms with Crippen LogP contribution in [0.4, 0.5) is 0 Å². The summed E-state index contributed by atoms with van der Waals surface area (Å²) < 4.78 is 5.43. The Labute approximate surface area is 112 Å². The third-order valence-electron chi connectivity index (χ3n) is 2.01. The van der Waals surface area contributed by atoms with Gasteiger partial charge in [0.25, 0.3) is 0 Å². The van der Waals surface area contributed by atoms with Crippen molar-refractivity contribution in [3.05, 3.63) is 35.9 Å². The summed E-state index contributed by atoms with van der Waals surface area (Å²) in [5, 5.41) is 8.55. The highest BCUT2D eigenvalue weighted by Crippen LogP contribution is 2.04. The first-order chi connectivity index (χ1) is 8.74. The van der Waals surface area contributed by atoms with Gasteiger partial charge >= 0.3 is 0 Å². The van der Waals surface area contributed by atoms with E-state index < -0.39 is 6.04 Å². The molecule has 0 amide bonds. The smallest absolute Gasteiger partial charge is 0.119 e. The zero-order valence-corrected chi connectivity index (χ0v) is 12.2. The minimum atomic E-state index is -0.557. The average Bonchev–Trinajstić information content (AvgIpc) is 2.49. The van der Waals surface area contributed by atoms with E-state index in [1.54, 1.807) is 6.92 Å². The molecule has 0 saturated carbocycles. The molecule has 0 heterocycles. The summed E-state index contributed by atoms with van der Waals surface area (Å²) in [7, 11) is 0. The molecule has 1 rings (SSSR count). The molecule has 3 heteroatoms. The average molecular weight is 250 g/mol. The lowest BCUT2D eigenvalue weighted by Gasteiger charge is -2.14. The zero-order valence-electron chi connectivity index (χ0n) is 12.2. The van der Waals surface area contributed by atoms with Gasteiger partial charge in [0.1, 0.15) is 6.04 Å². The van der Waals surface area contributed by atoms with Gasteiger partial charge in [-0.25, -0.2) is 0 Å². The molecule has 0 radical (unpaired) electrons. The molecule has 0 spiro atoms. The first-order valence-corrected chi connectivity index (χ1v) is 6.54. The summed E-state index contributed by atoms with van der Waals surface area (Å²) in [5.74, 6) is 0. The number of hydrogen-bond donors (Lipinski definition) is 1. The lowest BCUT2D eigenvalue weighted by molar-refractivity contribution is 0.0467. The third-order valence-corrected chi connectivity index (χ3v) is 2.01. The Morgan fingerprint density at radius 2 is 1.67 bits per heavy atom. The van der Waals surface area contributed by atoms with Gasteiger partial charge in [0.2, 0.25) is 0 Å². The Balaban J connectivity index is 0. The van der Waals surface area contributed by atoms with E-state index in [2.05, 4.69) is 0 Å². The number of benzene rings is 1. The topological polar surface area (TPSA) is 59.0 Å². The van der Waals surface area contributed by atoms with Crippen molar-refractivity contribution in [2.45, 2.75) is 53.4 Å². The fraction of sp³-hybridized carbons (Fsp3) is 0.533. The molecule has 0 fully saturated rings. The Morgan fingerprint density at radius 1 is 1.17 bits per heavy atom. The second-order valence-corrected chi connectivity index (χ2v) is 3.16. The summed E-state index contributed by atoms with van der Waals surface area (Å²) in [4.78, 5) is 0. The molecule has 0 aromatic heterocycles. The highest BCUT2D eigenvalue weighted by atomic mass is 16.5. The number of nitrogens with two attached hydrogens (primary N) is 1. The van der Waals surface area contributed by atoms with Gasteiger partial charge in [-0.3, -0.25) is 0 Å². The minimum Gasteiger partial charge on any atom is -0.371 e. The van der Waals surface area contributed by atoms with Crippen molar-refractivity contribution in [3.63, 3.8) is 0 Å². The van der Waals surface area contributed by atoms with Crippen LogP contribution in [0.1, 0.15) is 40.2 Å². The molecule has 0 aliphatic carbocycles. The summed E-state index contributed by atoms with van der Waals surface area (Å²) in [6.45, 7) is 10.3. The molecule has 1 aromatic rings. The van der Waals surface area contributed by atoms with Gasteiger partial charge in [0, 0.05) is 0 Å². The van der Waals surface area contributed by atoms with Crippen LogP contribution in [0.25, 0.3) is 0 Å². The number of nitrogens with zero attached hydrogens (tertiary/aromatic N) is 1. The number of rotatable bonds is 4. The van der Waals surface area contributed by atoms with E-state index >= 15 is 0 Å². The molecule has 2 unspecified atom stereocenters. The van der Waals surface area contributed by atoms with Crippen LogP contribution in [0.5, 0.6) is 0 Å². The molecule has 18 heavy (non-hydrogen) atoms. The predicted molar refractivity (Wildman–Crippen MR) is 77.0 cm³/mol. The summed E-state index contributed by atoms with van der Waals surface area (Å²) in [5.41, 5.74) is 6.58. The van der Waals surface area contributed by atoms with Crippen molar-refractivity contribution in [3.8, 4) is 6.07 Å². The monoisotopic (exact) mass is 250 g/mol. The van der Waals surface area contributed by atoms with Crippen molar-refractivity contribution in [2.24, 2.45) is 5.73 Å². The van der Waals surface area contributed by atoms with Gasteiger partial charge in [-0.2, -0.15) is 5.26 Å². The summed E-state index contributed by atoms with van der Waals surface area (Å²) in [6.07, 6.45) is -0.236. The highest BCUT2D eigenvalue weighted by Gasteiger charge is 2.11. The normalized spacial score (nSPS) is 11.8. The fourth-order valence-corrected chi connectivity index (χ4v) is 1.01. The molecular formula is C15H26N2O. The Hall–Kier alpha value is -1.37. The predicted octanol–water partition coefficient (Wildman–Crippen LogP) is 3.49. The van der Waals surface area contributed by atoms with E-state index in [9.17, 15) is 0 Å². The lowest BCUT2D eigenvalue weighted by atomic mass is 10.2. The van der Waals surface area contributed by atoms with Crippen LogP contribution in [0.15, 0.2) is 30.3 Å². The van der Waals surface area contributed by atoms with E-state index in [1.165, 1.54) is 0 Å². The Kier molecular flexibility index (Phi) is 14.4. The highest BCUT2D eigenvalue weighted by molar-refractivity contribution is 5.13. The van der Waals surface area contributed by atoms with Gasteiger partial charge in [0.15, 0.2) is 0 Å². The van der Waals surface area contributed by atoms with Gasteiger partial charge in [-0.15, -0.1) is 0 Å². The molecule has 2 atom stereocenters. The van der Waals surface area contributed by atoms with Crippen molar-refractivity contribution < 1.29 is 4.74 Å². The molecule has 102 valence electrons. The summed E-state index contributed by atoms with van der Waals surface area (Å²) >= 11 is 0. The van der Waals surface area contributed by atoms with Gasteiger partial charge in [-0.1, -0.05) is 58.0 Å². The second kappa shape index (κ2) is 13.7. The van der Waals surface area contributed by atoms with Crippen molar-refractivity contribution >= 4 is 0 Å². The van der Waals surface area contributed by atoms with E-state index in [-0.39, 0.29) is 6.10 Å². The second-order valence-electron chi connectivity index (χ2n) is 3.16. The maximum Gasteiger partial charge on any atom is 0.119 e. The standard InChI is InChI=1S/C11H14N2O.2C2H6/c1-9(11(13)7-12)14-8-10-5-3-2-4-6-10;2*1-2/h2-6,9,11H,8,13H2,1H3;2*1-2H3. The lowest BCUT2D eigenvalue weighted by Crippen LogP contribution is -2.32. The molecule has 0 bridgehead atoms.